The topological polar surface area (TPSA) is 82.5 Å². The molecule has 1 aliphatic heterocycles. The number of hydrogen-bond acceptors (Lipinski definition) is 4. The monoisotopic (exact) mass is 394 g/mol. The van der Waals surface area contributed by atoms with E-state index in [2.05, 4.69) is 11.1 Å². The predicted molar refractivity (Wildman–Crippen MR) is 104 cm³/mol. The van der Waals surface area contributed by atoms with Gasteiger partial charge in [-0.3, -0.25) is 9.69 Å². The number of likely N-dealkylation sites (N-methyl/N-ethyl adjacent to an activating group) is 1. The maximum atomic E-state index is 14.7. The van der Waals surface area contributed by atoms with E-state index >= 15 is 0 Å². The zero-order chi connectivity index (χ0) is 21.0. The van der Waals surface area contributed by atoms with E-state index < -0.39 is 28.5 Å². The summed E-state index contributed by atoms with van der Waals surface area (Å²) in [7, 11) is 1.50. The van der Waals surface area contributed by atoms with Crippen LogP contribution in [0.15, 0.2) is 47.5 Å². The van der Waals surface area contributed by atoms with Crippen LogP contribution in [0.25, 0.3) is 0 Å². The third kappa shape index (κ3) is 2.79. The molecule has 5 nitrogen and oxygen atoms in total. The molecule has 2 atom stereocenters. The Morgan fingerprint density at radius 1 is 1.21 bits per heavy atom. The number of guanidine groups is 1. The van der Waals surface area contributed by atoms with Gasteiger partial charge in [0.15, 0.2) is 17.6 Å². The van der Waals surface area contributed by atoms with Gasteiger partial charge in [-0.05, 0) is 37.0 Å². The van der Waals surface area contributed by atoms with Gasteiger partial charge in [-0.15, -0.1) is 0 Å². The lowest BCUT2D eigenvalue weighted by molar-refractivity contribution is -0.130. The number of nitrogens with two attached hydrogens (primary N) is 1. The average Bonchev–Trinajstić information content (AvgIpc) is 3.50. The highest BCUT2D eigenvalue weighted by molar-refractivity contribution is 6.02. The summed E-state index contributed by atoms with van der Waals surface area (Å²) in [6, 6.07) is 13.3. The summed E-state index contributed by atoms with van der Waals surface area (Å²) in [5.41, 5.74) is 5.50. The highest BCUT2D eigenvalue weighted by Crippen LogP contribution is 2.49. The van der Waals surface area contributed by atoms with Crippen LogP contribution in [0.5, 0.6) is 0 Å². The zero-order valence-corrected chi connectivity index (χ0v) is 16.1. The molecule has 2 aromatic rings. The van der Waals surface area contributed by atoms with Crippen LogP contribution in [0.4, 0.5) is 8.78 Å². The van der Waals surface area contributed by atoms with Crippen LogP contribution in [-0.4, -0.2) is 23.8 Å². The number of aliphatic imine (C=N–C) groups is 1. The van der Waals surface area contributed by atoms with Crippen molar-refractivity contribution in [2.45, 2.75) is 36.6 Å². The molecule has 2 N–H and O–H groups in total. The van der Waals surface area contributed by atoms with Gasteiger partial charge in [0.05, 0.1) is 17.4 Å². The molecule has 0 bridgehead atoms. The Hall–Kier alpha value is -3.27. The van der Waals surface area contributed by atoms with Gasteiger partial charge in [0.25, 0.3) is 0 Å². The van der Waals surface area contributed by atoms with Crippen molar-refractivity contribution in [2.24, 2.45) is 10.7 Å². The predicted octanol–water partition coefficient (Wildman–Crippen LogP) is 3.31. The molecular formula is C22H20F2N4O. The van der Waals surface area contributed by atoms with Gasteiger partial charge in [0.1, 0.15) is 5.54 Å². The van der Waals surface area contributed by atoms with E-state index in [1.807, 2.05) is 12.1 Å². The number of nitrogens with zero attached hydrogens (tertiary/aromatic N) is 3. The molecular weight excluding hydrogens is 374 g/mol. The molecule has 2 unspecified atom stereocenters. The van der Waals surface area contributed by atoms with Gasteiger partial charge in [-0.2, -0.15) is 5.26 Å². The van der Waals surface area contributed by atoms with Crippen LogP contribution >= 0.6 is 0 Å². The Morgan fingerprint density at radius 2 is 1.86 bits per heavy atom. The Labute approximate surface area is 167 Å². The van der Waals surface area contributed by atoms with E-state index in [0.29, 0.717) is 5.56 Å². The molecule has 148 valence electrons. The van der Waals surface area contributed by atoms with Gasteiger partial charge in [-0.25, -0.2) is 13.8 Å². The lowest BCUT2D eigenvalue weighted by Gasteiger charge is -2.41. The number of halogens is 2. The summed E-state index contributed by atoms with van der Waals surface area (Å²) >= 11 is 0. The lowest BCUT2D eigenvalue weighted by atomic mass is 9.74. The number of carbonyl (C=O) groups is 1. The molecule has 1 heterocycles. The molecule has 2 aromatic carbocycles. The van der Waals surface area contributed by atoms with E-state index in [9.17, 15) is 18.8 Å². The van der Waals surface area contributed by atoms with Gasteiger partial charge in [0.2, 0.25) is 5.91 Å². The fraction of sp³-hybridized carbons (Fsp3) is 0.318. The number of benzene rings is 2. The van der Waals surface area contributed by atoms with Crippen molar-refractivity contribution < 1.29 is 13.6 Å². The van der Waals surface area contributed by atoms with Crippen LogP contribution in [0.1, 0.15) is 42.4 Å². The van der Waals surface area contributed by atoms with Crippen LogP contribution in [0.2, 0.25) is 0 Å². The van der Waals surface area contributed by atoms with Crippen molar-refractivity contribution in [1.82, 2.24) is 4.90 Å². The van der Waals surface area contributed by atoms with E-state index in [1.54, 1.807) is 19.1 Å². The molecule has 7 heteroatoms. The molecule has 0 radical (unpaired) electrons. The summed E-state index contributed by atoms with van der Waals surface area (Å²) in [5.74, 6) is -3.38. The fourth-order valence-electron chi connectivity index (χ4n) is 4.09. The van der Waals surface area contributed by atoms with Crippen molar-refractivity contribution in [3.63, 3.8) is 0 Å². The molecule has 1 fully saturated rings. The molecule has 0 saturated heterocycles. The van der Waals surface area contributed by atoms with Gasteiger partial charge >= 0.3 is 0 Å². The van der Waals surface area contributed by atoms with E-state index in [0.717, 1.165) is 24.5 Å². The van der Waals surface area contributed by atoms with E-state index in [1.165, 1.54) is 24.1 Å². The van der Waals surface area contributed by atoms with Crippen molar-refractivity contribution in [1.29, 1.82) is 5.26 Å². The Balaban J connectivity index is 1.86. The minimum atomic E-state index is -1.42. The Kier molecular flexibility index (Phi) is 4.19. The summed E-state index contributed by atoms with van der Waals surface area (Å²) < 4.78 is 28.7. The van der Waals surface area contributed by atoms with Gasteiger partial charge in [0, 0.05) is 12.6 Å². The summed E-state index contributed by atoms with van der Waals surface area (Å²) in [5, 5.41) is 9.40. The average molecular weight is 394 g/mol. The quantitative estimate of drug-likeness (QED) is 0.867. The van der Waals surface area contributed by atoms with Crippen molar-refractivity contribution in [3.05, 3.63) is 70.8 Å². The second-order valence-corrected chi connectivity index (χ2v) is 7.87. The lowest BCUT2D eigenvalue weighted by Crippen LogP contribution is -2.52. The first-order valence-electron chi connectivity index (χ1n) is 9.32. The third-order valence-electron chi connectivity index (χ3n) is 6.09. The second-order valence-electron chi connectivity index (χ2n) is 7.87. The Bertz CT molecular complexity index is 1070. The standard InChI is InChI=1S/C22H20F2N4O/c1-21(15-4-3-5-16(23)18(15)24)17(19(29)28(2)20(26)27-21)13-6-8-14(9-7-13)22(12-25)10-11-22/h3-9,17H,10-11H2,1-2H3,(H2,26,27). The number of carbonyl (C=O) groups excluding carboxylic acids is 1. The van der Waals surface area contributed by atoms with Gasteiger partial charge < -0.3 is 5.73 Å². The highest BCUT2D eigenvalue weighted by Gasteiger charge is 2.49. The largest absolute Gasteiger partial charge is 0.369 e. The minimum Gasteiger partial charge on any atom is -0.369 e. The van der Waals surface area contributed by atoms with Crippen LogP contribution in [0, 0.1) is 23.0 Å². The van der Waals surface area contributed by atoms with Crippen molar-refractivity contribution in [3.8, 4) is 6.07 Å². The van der Waals surface area contributed by atoms with Crippen LogP contribution in [-0.2, 0) is 15.7 Å². The first-order chi connectivity index (χ1) is 13.7. The first-order valence-corrected chi connectivity index (χ1v) is 9.32. The van der Waals surface area contributed by atoms with E-state index in [-0.39, 0.29) is 17.4 Å². The minimum absolute atomic E-state index is 0.0355. The molecule has 1 saturated carbocycles. The third-order valence-corrected chi connectivity index (χ3v) is 6.09. The normalized spacial score (nSPS) is 25.3. The molecule has 0 aromatic heterocycles. The second kappa shape index (κ2) is 6.38. The van der Waals surface area contributed by atoms with Crippen molar-refractivity contribution >= 4 is 11.9 Å². The van der Waals surface area contributed by atoms with Crippen LogP contribution in [0.3, 0.4) is 0 Å². The van der Waals surface area contributed by atoms with E-state index in [4.69, 9.17) is 5.73 Å². The zero-order valence-electron chi connectivity index (χ0n) is 16.1. The van der Waals surface area contributed by atoms with Gasteiger partial charge in [-0.1, -0.05) is 36.4 Å². The Morgan fingerprint density at radius 3 is 2.45 bits per heavy atom. The number of rotatable bonds is 3. The number of hydrogen-bond donors (Lipinski definition) is 1. The highest BCUT2D eigenvalue weighted by atomic mass is 19.2. The molecule has 1 amide bonds. The van der Waals surface area contributed by atoms with Crippen molar-refractivity contribution in [2.75, 3.05) is 7.05 Å². The molecule has 29 heavy (non-hydrogen) atoms. The molecule has 4 rings (SSSR count). The molecule has 0 spiro atoms. The number of nitriles is 1. The summed E-state index contributed by atoms with van der Waals surface area (Å²) in [6.45, 7) is 1.58. The molecule has 1 aliphatic carbocycles. The summed E-state index contributed by atoms with van der Waals surface area (Å²) in [6.07, 6.45) is 1.61. The smallest absolute Gasteiger partial charge is 0.239 e. The fourth-order valence-corrected chi connectivity index (χ4v) is 4.09. The SMILES string of the molecule is CN1C(=O)C(c2ccc(C3(C#N)CC3)cc2)C(C)(c2cccc(F)c2F)N=C1N. The molecule has 2 aliphatic rings. The maximum absolute atomic E-state index is 14.7. The number of amides is 1. The summed E-state index contributed by atoms with van der Waals surface area (Å²) in [4.78, 5) is 18.8. The van der Waals surface area contributed by atoms with Crippen LogP contribution < -0.4 is 5.73 Å². The maximum Gasteiger partial charge on any atom is 0.239 e. The first kappa shape index (κ1) is 19.1.